The number of hydrogen-bond donors (Lipinski definition) is 4. The van der Waals surface area contributed by atoms with Crippen LogP contribution in [0.25, 0.3) is 6.08 Å². The first-order chi connectivity index (χ1) is 22.8. The van der Waals surface area contributed by atoms with Gasteiger partial charge in [-0.1, -0.05) is 41.0 Å². The summed E-state index contributed by atoms with van der Waals surface area (Å²) in [6.07, 6.45) is 17.4. The van der Waals surface area contributed by atoms with E-state index in [1.54, 1.807) is 12.1 Å². The maximum Gasteiger partial charge on any atom is 0.166 e. The number of benzene rings is 1. The average molecular weight is 674 g/mol. The number of phenolic OH excluding ortho intramolecular Hbond substituents is 1. The molecule has 3 aliphatic heterocycles. The number of anilines is 1. The lowest BCUT2D eigenvalue weighted by Crippen LogP contribution is -3.20. The Hall–Kier alpha value is -3.21. The van der Waals surface area contributed by atoms with Crippen molar-refractivity contribution < 1.29 is 24.3 Å². The van der Waals surface area contributed by atoms with E-state index in [4.69, 9.17) is 15.5 Å². The molecule has 2 aliphatic carbocycles. The summed E-state index contributed by atoms with van der Waals surface area (Å²) in [6, 6.07) is 5.85. The van der Waals surface area contributed by atoms with E-state index in [0.717, 1.165) is 60.4 Å². The molecule has 8 nitrogen and oxygen atoms in total. The summed E-state index contributed by atoms with van der Waals surface area (Å²) >= 11 is 0. The number of aromatic hydroxyl groups is 1. The number of ether oxygens (including phenoxy) is 1. The van der Waals surface area contributed by atoms with Gasteiger partial charge in [0.25, 0.3) is 0 Å². The van der Waals surface area contributed by atoms with Gasteiger partial charge in [-0.2, -0.15) is 0 Å². The van der Waals surface area contributed by atoms with E-state index in [1.165, 1.54) is 24.1 Å². The van der Waals surface area contributed by atoms with Gasteiger partial charge in [0.2, 0.25) is 0 Å². The number of nitrogen functional groups attached to an aromatic ring is 1. The Balaban J connectivity index is 1.38. The van der Waals surface area contributed by atoms with E-state index < -0.39 is 0 Å². The second-order valence-corrected chi connectivity index (χ2v) is 16.2. The van der Waals surface area contributed by atoms with Gasteiger partial charge in [-0.25, -0.2) is 4.98 Å². The van der Waals surface area contributed by atoms with Gasteiger partial charge in [-0.3, -0.25) is 14.5 Å². The van der Waals surface area contributed by atoms with E-state index in [-0.39, 0.29) is 40.4 Å². The molecule has 1 saturated carbocycles. The summed E-state index contributed by atoms with van der Waals surface area (Å²) in [5, 5.41) is 14.5. The van der Waals surface area contributed by atoms with Gasteiger partial charge in [0.15, 0.2) is 24.0 Å². The maximum atomic E-state index is 13.6. The number of fused-ring (bicyclic) bond motifs is 11. The quantitative estimate of drug-likeness (QED) is 0.235. The van der Waals surface area contributed by atoms with Crippen molar-refractivity contribution in [1.29, 1.82) is 0 Å². The number of nitrogens with zero attached hydrogens (tertiary/aromatic N) is 1. The van der Waals surface area contributed by atoms with Crippen LogP contribution in [0, 0.1) is 11.8 Å². The van der Waals surface area contributed by atoms with Crippen LogP contribution < -0.4 is 20.7 Å². The second-order valence-electron chi connectivity index (χ2n) is 13.7. The van der Waals surface area contributed by atoms with E-state index in [2.05, 4.69) is 36.7 Å². The van der Waals surface area contributed by atoms with Crippen molar-refractivity contribution in [2.45, 2.75) is 81.4 Å². The lowest BCUT2D eigenvalue weighted by molar-refractivity contribution is -0.915. The fraction of sp³-hybridized carbons (Fsp3) is 0.486. The highest BCUT2D eigenvalue weighted by Crippen LogP contribution is 2.56. The summed E-state index contributed by atoms with van der Waals surface area (Å²) < 4.78 is 5.48. The molecule has 5 N–H and O–H groups in total. The molecule has 10 heteroatoms. The molecule has 47 heavy (non-hydrogen) atoms. The number of Topliss-reactive ketones (excluding diaryl/α,β-unsaturated/α-hetero) is 2. The number of pyridine rings is 1. The largest absolute Gasteiger partial charge is 0.504 e. The van der Waals surface area contributed by atoms with Crippen LogP contribution in [0.5, 0.6) is 11.5 Å². The van der Waals surface area contributed by atoms with Crippen LogP contribution in [0.3, 0.4) is 0 Å². The third kappa shape index (κ3) is 5.91. The van der Waals surface area contributed by atoms with Gasteiger partial charge < -0.3 is 20.9 Å². The van der Waals surface area contributed by atoms with Gasteiger partial charge in [-0.15, -0.1) is 0 Å². The van der Waals surface area contributed by atoms with Crippen molar-refractivity contribution in [2.24, 2.45) is 11.8 Å². The Labute approximate surface area is 285 Å². The molecule has 0 saturated heterocycles. The van der Waals surface area contributed by atoms with Crippen molar-refractivity contribution in [2.75, 3.05) is 25.3 Å². The van der Waals surface area contributed by atoms with E-state index in [0.29, 0.717) is 48.2 Å². The topological polar surface area (TPSA) is 119 Å². The highest BCUT2D eigenvalue weighted by Gasteiger charge is 2.60. The maximum absolute atomic E-state index is 13.6. The molecule has 0 amide bonds. The lowest BCUT2D eigenvalue weighted by Gasteiger charge is -2.46. The van der Waals surface area contributed by atoms with Gasteiger partial charge in [-0.05, 0) is 90.6 Å². The smallest absolute Gasteiger partial charge is 0.166 e. The van der Waals surface area contributed by atoms with Crippen LogP contribution >= 0.6 is 21.6 Å². The van der Waals surface area contributed by atoms with Gasteiger partial charge in [0.05, 0.1) is 25.0 Å². The number of nitrogens with two attached hydrogens (primary N) is 1. The second kappa shape index (κ2) is 13.4. The first kappa shape index (κ1) is 32.3. The number of hydrogen-bond acceptors (Lipinski definition) is 9. The highest BCUT2D eigenvalue weighted by molar-refractivity contribution is 8.76. The highest BCUT2D eigenvalue weighted by atomic mass is 33.1. The molecular formula is C37H45N4O4S2+. The number of carbonyl (C=O) groups excluding carboxylic acids is 2. The number of quaternary nitrogens is 1. The number of phenols is 1. The number of aromatic nitrogens is 1. The van der Waals surface area contributed by atoms with Gasteiger partial charge in [0, 0.05) is 42.2 Å². The van der Waals surface area contributed by atoms with Crippen molar-refractivity contribution >= 4 is 45.0 Å². The Bertz CT molecular complexity index is 1670. The van der Waals surface area contributed by atoms with Crippen LogP contribution in [0.1, 0.15) is 98.1 Å². The first-order valence-electron chi connectivity index (χ1n) is 17.0. The SMILES string of the molecule is CC[C@H]1CCC(=O)CC(=O)C2=Cc3cc(OC)c(O)cc3[C@H](CC2)c2cnc(N)c(c2)[C@@H]([C@@]23CCC[C@@H]2C=CC2=CNC[NH+]23)SSC1. The number of rotatable bonds is 3. The summed E-state index contributed by atoms with van der Waals surface area (Å²) in [5.74, 6) is 2.47. The van der Waals surface area contributed by atoms with Crippen LogP contribution in [-0.2, 0) is 9.59 Å². The molecule has 1 aromatic carbocycles. The summed E-state index contributed by atoms with van der Waals surface area (Å²) in [7, 11) is 5.36. The zero-order chi connectivity index (χ0) is 32.7. The van der Waals surface area contributed by atoms with Crippen LogP contribution in [-0.4, -0.2) is 46.7 Å². The monoisotopic (exact) mass is 673 g/mol. The molecule has 6 atom stereocenters. The van der Waals surface area contributed by atoms with Crippen molar-refractivity contribution in [3.63, 3.8) is 0 Å². The minimum atomic E-state index is -0.135. The predicted octanol–water partition coefficient (Wildman–Crippen LogP) is 5.85. The van der Waals surface area contributed by atoms with Crippen molar-refractivity contribution in [3.8, 4) is 11.5 Å². The molecule has 248 valence electrons. The standard InChI is InChI=1S/C37H44N4O4S2/c1-3-22-6-10-28(42)16-32(43)23-7-11-29(30-17-33(44)34(45-2)15-24(30)13-23)25-14-31(36(38)40-18-25)35(47-46-20-22)37-12-4-5-26(37)8-9-27-19-39-21-41(27)37/h8-9,13-15,17-19,22,26,29,35,39,44H,3-7,10-12,16,20-21H2,1-2H3,(H2,38,40)/p+1/t22-,26+,29+,35-,37+/m0/s1. The molecule has 4 heterocycles. The minimum Gasteiger partial charge on any atom is -0.504 e. The fourth-order valence-corrected chi connectivity index (χ4v) is 12.3. The molecule has 1 aromatic heterocycles. The fourth-order valence-electron chi connectivity index (χ4n) is 8.59. The minimum absolute atomic E-state index is 0.00765. The molecule has 0 radical (unpaired) electrons. The molecule has 7 rings (SSSR count). The van der Waals surface area contributed by atoms with Crippen molar-refractivity contribution in [3.05, 3.63) is 76.3 Å². The molecule has 0 spiro atoms. The van der Waals surface area contributed by atoms with E-state index >= 15 is 0 Å². The number of carbonyl (C=O) groups is 2. The number of methoxy groups -OCH3 is 1. The third-order valence-electron chi connectivity index (χ3n) is 11.2. The third-order valence-corrected chi connectivity index (χ3v) is 14.2. The normalized spacial score (nSPS) is 30.7. The van der Waals surface area contributed by atoms with Crippen LogP contribution in [0.15, 0.2) is 54.0 Å². The van der Waals surface area contributed by atoms with E-state index in [9.17, 15) is 14.7 Å². The summed E-state index contributed by atoms with van der Waals surface area (Å²) in [4.78, 5) is 33.1. The van der Waals surface area contributed by atoms with Crippen LogP contribution in [0.2, 0.25) is 0 Å². The average Bonchev–Trinajstić information content (AvgIpc) is 3.69. The Morgan fingerprint density at radius 1 is 1.17 bits per heavy atom. The first-order valence-corrected chi connectivity index (χ1v) is 19.4. The molecule has 2 aromatic rings. The number of nitrogens with one attached hydrogen (secondary N) is 2. The predicted molar refractivity (Wildman–Crippen MR) is 189 cm³/mol. The molecule has 1 fully saturated rings. The van der Waals surface area contributed by atoms with Gasteiger partial charge >= 0.3 is 0 Å². The number of allylic oxidation sites excluding steroid dienone is 2. The molecule has 1 unspecified atom stereocenters. The molecular weight excluding hydrogens is 629 g/mol. The Kier molecular flexibility index (Phi) is 9.19. The van der Waals surface area contributed by atoms with Gasteiger partial charge in [0.1, 0.15) is 22.8 Å². The lowest BCUT2D eigenvalue weighted by atomic mass is 9.76. The zero-order valence-electron chi connectivity index (χ0n) is 27.2. The number of ketones is 2. The summed E-state index contributed by atoms with van der Waals surface area (Å²) in [5.41, 5.74) is 12.6. The zero-order valence-corrected chi connectivity index (χ0v) is 28.9. The molecule has 4 bridgehead atoms. The summed E-state index contributed by atoms with van der Waals surface area (Å²) in [6.45, 7) is 3.05. The Morgan fingerprint density at radius 2 is 2.04 bits per heavy atom. The van der Waals surface area contributed by atoms with Crippen molar-refractivity contribution in [1.82, 2.24) is 10.3 Å². The van der Waals surface area contributed by atoms with E-state index in [1.807, 2.05) is 33.9 Å². The molecule has 5 aliphatic rings. The van der Waals surface area contributed by atoms with Crippen LogP contribution in [0.4, 0.5) is 5.82 Å². The Morgan fingerprint density at radius 3 is 2.87 bits per heavy atom.